The number of nitrogens with one attached hydrogen (secondary N) is 3. The number of aliphatic hydroxyl groups is 2. The zero-order valence-electron chi connectivity index (χ0n) is 53.7. The molecule has 516 valence electrons. The molecule has 21 N–H and O–H groups in total. The van der Waals surface area contributed by atoms with Gasteiger partial charge in [-0.15, -0.1) is 0 Å². The molecule has 8 heterocycles. The Labute approximate surface area is 540 Å². The fraction of sp³-hybridized carbons (Fsp3) is 0.638. The number of fused-ring (bicyclic) bond motifs is 7. The van der Waals surface area contributed by atoms with Gasteiger partial charge in [-0.25, -0.2) is 14.1 Å². The number of hydrogen-bond donors (Lipinski definition) is 14. The van der Waals surface area contributed by atoms with Gasteiger partial charge in [0.1, 0.15) is 18.3 Å². The van der Waals surface area contributed by atoms with Crippen LogP contribution in [0.15, 0.2) is 60.4 Å². The lowest BCUT2D eigenvalue weighted by Gasteiger charge is -2.48. The van der Waals surface area contributed by atoms with Gasteiger partial charge in [-0.1, -0.05) is 34.6 Å². The molecule has 8 bridgehead atoms. The second-order valence-electron chi connectivity index (χ2n) is 26.9. The highest BCUT2D eigenvalue weighted by atomic mass is 31.3. The van der Waals surface area contributed by atoms with E-state index >= 15 is 0 Å². The quantitative estimate of drug-likeness (QED) is 0.0510. The van der Waals surface area contributed by atoms with Crippen molar-refractivity contribution in [2.45, 2.75) is 175 Å². The Morgan fingerprint density at radius 3 is 2.00 bits per heavy atom. The predicted octanol–water partition coefficient (Wildman–Crippen LogP) is 0.329. The van der Waals surface area contributed by atoms with Gasteiger partial charge in [-0.2, -0.15) is 9.29 Å². The first-order valence-electron chi connectivity index (χ1n) is 30.6. The first-order valence-corrected chi connectivity index (χ1v) is 33.6. The molecule has 36 heteroatoms. The van der Waals surface area contributed by atoms with E-state index in [4.69, 9.17) is 68.9 Å². The number of aromatic nitrogens is 4. The van der Waals surface area contributed by atoms with E-state index in [0.29, 0.717) is 45.4 Å². The summed E-state index contributed by atoms with van der Waals surface area (Å²) in [5.41, 5.74) is 38.1. The molecule has 2 aromatic heterocycles. The number of imidazole rings is 1. The summed E-state index contributed by atoms with van der Waals surface area (Å²) in [5, 5.41) is 27.8. The highest BCUT2D eigenvalue weighted by Gasteiger charge is 2.66. The molecule has 2 saturated heterocycles. The summed E-state index contributed by atoms with van der Waals surface area (Å²) in [6.07, 6.45) is -6.50. The first-order chi connectivity index (χ1) is 43.5. The minimum Gasteiger partial charge on any atom is -0.387 e. The summed E-state index contributed by atoms with van der Waals surface area (Å²) >= 11 is 0. The third kappa shape index (κ3) is 14.1. The SMILES string of the molecule is CC1=C2N=C(C=C3N/C(=C(/C)C4=N[C@@](C)(C5N=C1[C@](C)(CCC(=O)NCC(C)OP(=O)(O)OP(=O)(O)OC[C@H]1O[C@@H](n6cnc7c(=O)[nH]c(N)nc76)[C@H](O)[C@@H]1O)[C@H]5CC(N)=O)[C@@](C)(CC(N)=O)[C@@H]4CCC(N)=O)[C@@](C)(CC(N)=O)[C@@H]3CCC(N)=O)C(C)(C)[C@@H]2CCC(N)=O. The first kappa shape index (κ1) is 72.4. The number of rotatable bonds is 28. The van der Waals surface area contributed by atoms with Crippen molar-refractivity contribution < 1.29 is 80.8 Å². The van der Waals surface area contributed by atoms with Crippen molar-refractivity contribution in [3.63, 3.8) is 0 Å². The minimum absolute atomic E-state index is 0.0310. The van der Waals surface area contributed by atoms with Crippen molar-refractivity contribution in [3.8, 4) is 0 Å². The number of phosphoric ester groups is 2. The third-order valence-electron chi connectivity index (χ3n) is 20.1. The number of H-pyrrole nitrogens is 1. The molecule has 7 amide bonds. The van der Waals surface area contributed by atoms with Crippen LogP contribution in [0.3, 0.4) is 0 Å². The largest absolute Gasteiger partial charge is 0.481 e. The van der Waals surface area contributed by atoms with E-state index in [2.05, 4.69) is 29.9 Å². The number of nitrogens with two attached hydrogens (primary N) is 7. The summed E-state index contributed by atoms with van der Waals surface area (Å²) in [4.78, 5) is 154. The number of aliphatic imine (C=N–C) groups is 3. The molecule has 0 aliphatic carbocycles. The molecule has 16 atom stereocenters. The Morgan fingerprint density at radius 2 is 1.40 bits per heavy atom. The van der Waals surface area contributed by atoms with Gasteiger partial charge in [0, 0.05) is 131 Å². The lowest BCUT2D eigenvalue weighted by Crippen LogP contribution is -2.56. The van der Waals surface area contributed by atoms with Crippen molar-refractivity contribution >= 4 is 91.2 Å². The standard InChI is InChI=1S/C58H86N16O18P2/c1-25(91-94(87,88)92-93(85,86)89-23-33-45(82)46(83)52(90-33)74-24-67-44-50(74)71-53(65)72-51(44)84)22-66-41(81)16-17-55(6)31(18-38(62)78)49-58(9)57(8,21-40(64)80)30(12-15-37(61)77)43(73-58)27(3)48-56(7,20-39(63)79)28(10-13-35(59)75)32(68-48)19-34-54(4,5)29(11-14-36(60)76)42(69-34)26(2)47(55)70-49/h19,24-25,28-31,33,45-46,49,52,68,82-83H,10-18,20-23H2,1-9H3,(H2,59,75)(H2,60,76)(H2,61,77)(H2,62,78)(H2,63,79)(H2,64,80)(H,66,81)(H,85,86)(H,87,88)(H3,65,71,72,84)/b32-19?,42-26?,48-27-/t25?,28-,29-,30-,31+,33-,45-,46-,49?,52-,55-,56+,57+,58+/m1/s1. The lowest BCUT2D eigenvalue weighted by molar-refractivity contribution is -0.124. The summed E-state index contributed by atoms with van der Waals surface area (Å²) in [6, 6.07) is -1.10. The molecule has 2 aromatic rings. The van der Waals surface area contributed by atoms with Crippen molar-refractivity contribution in [2.75, 3.05) is 18.9 Å². The molecule has 6 aliphatic rings. The van der Waals surface area contributed by atoms with E-state index in [1.54, 1.807) is 34.6 Å². The van der Waals surface area contributed by atoms with Crippen molar-refractivity contribution in [1.29, 1.82) is 0 Å². The molecule has 0 radical (unpaired) electrons. The van der Waals surface area contributed by atoms with Crippen LogP contribution in [0.4, 0.5) is 5.95 Å². The van der Waals surface area contributed by atoms with Crippen LogP contribution in [-0.2, 0) is 60.8 Å². The summed E-state index contributed by atoms with van der Waals surface area (Å²) < 4.78 is 47.7. The molecule has 2 fully saturated rings. The lowest BCUT2D eigenvalue weighted by atomic mass is 9.55. The number of carbonyl (C=O) groups is 7. The molecule has 4 unspecified atom stereocenters. The summed E-state index contributed by atoms with van der Waals surface area (Å²) in [5.74, 6) is -7.99. The van der Waals surface area contributed by atoms with E-state index in [1.165, 1.54) is 6.92 Å². The number of primary amides is 6. The van der Waals surface area contributed by atoms with Gasteiger partial charge in [0.2, 0.25) is 47.3 Å². The number of amides is 7. The fourth-order valence-electron chi connectivity index (χ4n) is 15.1. The number of aromatic amines is 1. The average Bonchev–Trinajstić information content (AvgIpc) is 1.53. The number of nitrogens with zero attached hydrogens (tertiary/aromatic N) is 6. The fourth-order valence-corrected chi connectivity index (χ4v) is 17.4. The van der Waals surface area contributed by atoms with E-state index in [1.807, 2.05) is 26.8 Å². The van der Waals surface area contributed by atoms with Gasteiger partial charge in [0.05, 0.1) is 30.6 Å². The Kier molecular flexibility index (Phi) is 20.5. The molecule has 0 saturated carbocycles. The van der Waals surface area contributed by atoms with Gasteiger partial charge in [-0.3, -0.25) is 71.9 Å². The molecule has 6 aliphatic heterocycles. The molecule has 0 aromatic carbocycles. The number of carbonyl (C=O) groups excluding carboxylic acids is 7. The van der Waals surface area contributed by atoms with E-state index in [0.717, 1.165) is 10.9 Å². The van der Waals surface area contributed by atoms with E-state index in [-0.39, 0.29) is 87.7 Å². The van der Waals surface area contributed by atoms with Crippen molar-refractivity contribution in [1.82, 2.24) is 30.2 Å². The number of hydrogen-bond acceptors (Lipinski definition) is 23. The smallest absolute Gasteiger partial charge is 0.387 e. The normalized spacial score (nSPS) is 32.6. The van der Waals surface area contributed by atoms with E-state index in [9.17, 15) is 67.5 Å². The van der Waals surface area contributed by atoms with Gasteiger partial charge < -0.3 is 75.5 Å². The number of phosphoric acid groups is 2. The molecule has 34 nitrogen and oxygen atoms in total. The van der Waals surface area contributed by atoms with Crippen LogP contribution < -0.4 is 56.3 Å². The van der Waals surface area contributed by atoms with Crippen LogP contribution in [-0.4, -0.2) is 147 Å². The highest BCUT2D eigenvalue weighted by molar-refractivity contribution is 7.61. The summed E-state index contributed by atoms with van der Waals surface area (Å²) in [7, 11) is -11.1. The second kappa shape index (κ2) is 26.7. The van der Waals surface area contributed by atoms with Gasteiger partial charge in [0.15, 0.2) is 17.4 Å². The molecule has 0 spiro atoms. The van der Waals surface area contributed by atoms with Gasteiger partial charge in [-0.05, 0) is 70.6 Å². The van der Waals surface area contributed by atoms with Crippen LogP contribution in [0.5, 0.6) is 0 Å². The summed E-state index contributed by atoms with van der Waals surface area (Å²) in [6.45, 7) is 14.4. The molecular weight excluding hydrogens is 1270 g/mol. The Morgan fingerprint density at radius 1 is 0.798 bits per heavy atom. The van der Waals surface area contributed by atoms with E-state index < -0.39 is 163 Å². The second-order valence-corrected chi connectivity index (χ2v) is 29.9. The third-order valence-corrected chi connectivity index (χ3v) is 22.8. The average molecular weight is 1360 g/mol. The number of allylic oxidation sites excluding steroid dienone is 6. The predicted molar refractivity (Wildman–Crippen MR) is 338 cm³/mol. The maximum Gasteiger partial charge on any atom is 0.481 e. The number of nitrogen functional groups attached to an aromatic ring is 1. The van der Waals surface area contributed by atoms with Gasteiger partial charge in [0.25, 0.3) is 5.56 Å². The van der Waals surface area contributed by atoms with Crippen molar-refractivity contribution in [3.05, 3.63) is 51.0 Å². The van der Waals surface area contributed by atoms with Crippen LogP contribution >= 0.6 is 15.6 Å². The highest BCUT2D eigenvalue weighted by Crippen LogP contribution is 2.64. The molecular formula is C58H86N16O18P2. The van der Waals surface area contributed by atoms with Crippen LogP contribution in [0.1, 0.15) is 139 Å². The van der Waals surface area contributed by atoms with Crippen LogP contribution in [0.2, 0.25) is 0 Å². The zero-order valence-corrected chi connectivity index (χ0v) is 55.5. The number of ether oxygens (including phenoxy) is 1. The minimum atomic E-state index is -5.56. The topological polar surface area (TPSA) is 578 Å². The maximum absolute atomic E-state index is 14.3. The number of aliphatic hydroxyl groups excluding tert-OH is 2. The van der Waals surface area contributed by atoms with Crippen molar-refractivity contribution in [2.24, 2.45) is 94.7 Å². The Hall–Kier alpha value is -7.39. The molecule has 94 heavy (non-hydrogen) atoms. The number of anilines is 1. The van der Waals surface area contributed by atoms with Crippen LogP contribution in [0.25, 0.3) is 11.2 Å². The zero-order chi connectivity index (χ0) is 69.9. The Balaban J connectivity index is 1.13. The Bertz CT molecular complexity index is 3820. The van der Waals surface area contributed by atoms with Crippen LogP contribution in [0, 0.1) is 45.3 Å². The van der Waals surface area contributed by atoms with Gasteiger partial charge >= 0.3 is 15.6 Å². The molecule has 8 rings (SSSR count). The monoisotopic (exact) mass is 1360 g/mol. The maximum atomic E-state index is 14.3.